The normalized spacial score (nSPS) is 15.5. The van der Waals surface area contributed by atoms with Crippen LogP contribution in [0.5, 0.6) is 0 Å². The van der Waals surface area contributed by atoms with Gasteiger partial charge in [-0.2, -0.15) is 4.31 Å². The number of nitrogens with zero attached hydrogens (tertiary/aromatic N) is 2. The predicted molar refractivity (Wildman–Crippen MR) is 113 cm³/mol. The first-order chi connectivity index (χ1) is 14.3. The number of ether oxygens (including phenoxy) is 1. The molecule has 1 aromatic carbocycles. The van der Waals surface area contributed by atoms with Crippen molar-refractivity contribution in [3.8, 4) is 0 Å². The van der Waals surface area contributed by atoms with Crippen LogP contribution < -0.4 is 0 Å². The van der Waals surface area contributed by atoms with Gasteiger partial charge >= 0.3 is 5.97 Å². The van der Waals surface area contributed by atoms with Crippen molar-refractivity contribution >= 4 is 55.5 Å². The van der Waals surface area contributed by atoms with E-state index in [-0.39, 0.29) is 37.0 Å². The van der Waals surface area contributed by atoms with Gasteiger partial charge in [0.15, 0.2) is 11.3 Å². The standard InChI is InChI=1S/C19H18BrClN2O6S/c20-17-7-3-15(29-17)4-8-19(25)28-13-18(24)22-9-11-23(12-10-22)30(26,27)16-5-1-14(21)2-6-16/h1-8H,9-13H2/b8-4+. The average Bonchev–Trinajstić information content (AvgIpc) is 3.16. The lowest BCUT2D eigenvalue weighted by atomic mass is 10.3. The van der Waals surface area contributed by atoms with Crippen molar-refractivity contribution in [3.63, 3.8) is 0 Å². The number of hydrogen-bond donors (Lipinski definition) is 0. The molecule has 0 aliphatic carbocycles. The maximum atomic E-state index is 12.7. The molecule has 1 saturated heterocycles. The third kappa shape index (κ3) is 5.72. The van der Waals surface area contributed by atoms with Crippen molar-refractivity contribution in [2.75, 3.05) is 32.8 Å². The van der Waals surface area contributed by atoms with E-state index in [0.29, 0.717) is 15.5 Å². The first kappa shape index (κ1) is 22.5. The Morgan fingerprint density at radius 3 is 2.37 bits per heavy atom. The van der Waals surface area contributed by atoms with Gasteiger partial charge in [-0.1, -0.05) is 11.6 Å². The molecule has 0 atom stereocenters. The monoisotopic (exact) mass is 516 g/mol. The topological polar surface area (TPSA) is 97.1 Å². The van der Waals surface area contributed by atoms with E-state index in [2.05, 4.69) is 15.9 Å². The minimum Gasteiger partial charge on any atom is -0.452 e. The SMILES string of the molecule is O=C(/C=C/c1ccc(Br)o1)OCC(=O)N1CCN(S(=O)(=O)c2ccc(Cl)cc2)CC1. The second-order valence-corrected chi connectivity index (χ2v) is 9.48. The summed E-state index contributed by atoms with van der Waals surface area (Å²) in [5, 5.41) is 0.450. The van der Waals surface area contributed by atoms with E-state index in [1.807, 2.05) is 0 Å². The van der Waals surface area contributed by atoms with E-state index in [9.17, 15) is 18.0 Å². The van der Waals surface area contributed by atoms with Crippen molar-refractivity contribution in [1.82, 2.24) is 9.21 Å². The Labute approximate surface area is 187 Å². The van der Waals surface area contributed by atoms with Crippen LogP contribution >= 0.6 is 27.5 Å². The molecular formula is C19H18BrClN2O6S. The number of furan rings is 1. The predicted octanol–water partition coefficient (Wildman–Crippen LogP) is 2.79. The van der Waals surface area contributed by atoms with Gasteiger partial charge in [0.2, 0.25) is 10.0 Å². The summed E-state index contributed by atoms with van der Waals surface area (Å²) in [6, 6.07) is 9.27. The molecule has 1 aliphatic heterocycles. The zero-order valence-corrected chi connectivity index (χ0v) is 18.8. The average molecular weight is 518 g/mol. The minimum atomic E-state index is -3.66. The van der Waals surface area contributed by atoms with Crippen molar-refractivity contribution < 1.29 is 27.2 Å². The number of carbonyl (C=O) groups is 2. The Bertz CT molecular complexity index is 1040. The highest BCUT2D eigenvalue weighted by molar-refractivity contribution is 9.10. The van der Waals surface area contributed by atoms with Crippen LogP contribution in [0.3, 0.4) is 0 Å². The molecule has 0 unspecified atom stereocenters. The molecule has 1 fully saturated rings. The van der Waals surface area contributed by atoms with E-state index >= 15 is 0 Å². The molecule has 30 heavy (non-hydrogen) atoms. The fourth-order valence-corrected chi connectivity index (χ4v) is 4.64. The number of sulfonamides is 1. The van der Waals surface area contributed by atoms with Crippen molar-refractivity contribution in [2.24, 2.45) is 0 Å². The van der Waals surface area contributed by atoms with E-state index in [4.69, 9.17) is 20.8 Å². The van der Waals surface area contributed by atoms with Crippen LogP contribution in [-0.2, 0) is 24.3 Å². The van der Waals surface area contributed by atoms with E-state index in [0.717, 1.165) is 6.08 Å². The second kappa shape index (κ2) is 9.78. The highest BCUT2D eigenvalue weighted by atomic mass is 79.9. The van der Waals surface area contributed by atoms with Crippen LogP contribution in [0, 0.1) is 0 Å². The van der Waals surface area contributed by atoms with Crippen LogP contribution in [0.25, 0.3) is 6.08 Å². The van der Waals surface area contributed by atoms with Gasteiger partial charge in [0.25, 0.3) is 5.91 Å². The largest absolute Gasteiger partial charge is 0.452 e. The molecular weight excluding hydrogens is 500 g/mol. The fourth-order valence-electron chi connectivity index (χ4n) is 2.77. The molecule has 0 spiro atoms. The molecule has 160 valence electrons. The Kier molecular flexibility index (Phi) is 7.35. The zero-order chi connectivity index (χ0) is 21.7. The highest BCUT2D eigenvalue weighted by Crippen LogP contribution is 2.20. The Balaban J connectivity index is 1.47. The first-order valence-electron chi connectivity index (χ1n) is 8.89. The van der Waals surface area contributed by atoms with Gasteiger partial charge in [-0.05, 0) is 58.4 Å². The van der Waals surface area contributed by atoms with Crippen LogP contribution in [-0.4, -0.2) is 62.3 Å². The Hall–Kier alpha value is -2.14. The van der Waals surface area contributed by atoms with E-state index in [1.165, 1.54) is 39.5 Å². The third-order valence-electron chi connectivity index (χ3n) is 4.36. The molecule has 2 heterocycles. The van der Waals surface area contributed by atoms with E-state index in [1.54, 1.807) is 12.1 Å². The number of piperazine rings is 1. The second-order valence-electron chi connectivity index (χ2n) is 6.32. The van der Waals surface area contributed by atoms with Gasteiger partial charge in [-0.25, -0.2) is 13.2 Å². The number of benzene rings is 1. The maximum absolute atomic E-state index is 12.7. The quantitative estimate of drug-likeness (QED) is 0.432. The van der Waals surface area contributed by atoms with Gasteiger partial charge in [-0.15, -0.1) is 0 Å². The molecule has 11 heteroatoms. The lowest BCUT2D eigenvalue weighted by Crippen LogP contribution is -2.51. The minimum absolute atomic E-state index is 0.149. The summed E-state index contributed by atoms with van der Waals surface area (Å²) in [5.74, 6) is -0.607. The number of amides is 1. The summed E-state index contributed by atoms with van der Waals surface area (Å²) in [6.45, 7) is 0.295. The molecule has 1 aromatic heterocycles. The molecule has 3 rings (SSSR count). The van der Waals surface area contributed by atoms with Gasteiger partial charge < -0.3 is 14.1 Å². The number of halogens is 2. The summed E-state index contributed by atoms with van der Waals surface area (Å²) in [5.41, 5.74) is 0. The van der Waals surface area contributed by atoms with Gasteiger partial charge in [0.05, 0.1) is 4.90 Å². The summed E-state index contributed by atoms with van der Waals surface area (Å²) in [4.78, 5) is 25.6. The fraction of sp³-hybridized carbons (Fsp3) is 0.263. The third-order valence-corrected chi connectivity index (χ3v) is 6.95. The summed E-state index contributed by atoms with van der Waals surface area (Å²) < 4.78 is 37.4. The summed E-state index contributed by atoms with van der Waals surface area (Å²) in [6.07, 6.45) is 2.59. The van der Waals surface area contributed by atoms with Crippen molar-refractivity contribution in [2.45, 2.75) is 4.90 Å². The number of hydrogen-bond acceptors (Lipinski definition) is 6. The molecule has 1 amide bonds. The molecule has 0 saturated carbocycles. The lowest BCUT2D eigenvalue weighted by Gasteiger charge is -2.33. The van der Waals surface area contributed by atoms with Gasteiger partial charge in [-0.3, -0.25) is 4.79 Å². The van der Waals surface area contributed by atoms with Crippen molar-refractivity contribution in [1.29, 1.82) is 0 Å². The van der Waals surface area contributed by atoms with Crippen LogP contribution in [0.1, 0.15) is 5.76 Å². The molecule has 0 radical (unpaired) electrons. The summed E-state index contributed by atoms with van der Waals surface area (Å²) in [7, 11) is -3.66. The maximum Gasteiger partial charge on any atom is 0.331 e. The lowest BCUT2D eigenvalue weighted by molar-refractivity contribution is -0.148. The summed E-state index contributed by atoms with van der Waals surface area (Å²) >= 11 is 8.96. The zero-order valence-electron chi connectivity index (χ0n) is 15.7. The Morgan fingerprint density at radius 1 is 1.10 bits per heavy atom. The van der Waals surface area contributed by atoms with Gasteiger partial charge in [0, 0.05) is 37.3 Å². The first-order valence-corrected chi connectivity index (χ1v) is 11.5. The smallest absolute Gasteiger partial charge is 0.331 e. The molecule has 0 N–H and O–H groups in total. The Morgan fingerprint density at radius 2 is 1.77 bits per heavy atom. The van der Waals surface area contributed by atoms with Crippen molar-refractivity contribution in [3.05, 3.63) is 57.9 Å². The molecule has 1 aliphatic rings. The van der Waals surface area contributed by atoms with Gasteiger partial charge in [0.1, 0.15) is 5.76 Å². The highest BCUT2D eigenvalue weighted by Gasteiger charge is 2.30. The van der Waals surface area contributed by atoms with Crippen LogP contribution in [0.4, 0.5) is 0 Å². The van der Waals surface area contributed by atoms with Crippen LogP contribution in [0.15, 0.2) is 56.5 Å². The number of rotatable bonds is 6. The molecule has 2 aromatic rings. The van der Waals surface area contributed by atoms with Crippen LogP contribution in [0.2, 0.25) is 5.02 Å². The number of carbonyl (C=O) groups excluding carboxylic acids is 2. The van der Waals surface area contributed by atoms with E-state index < -0.39 is 22.6 Å². The molecule has 8 nitrogen and oxygen atoms in total. The number of esters is 1. The molecule has 0 bridgehead atoms.